The monoisotopic (exact) mass is 460 g/mol. The van der Waals surface area contributed by atoms with Gasteiger partial charge in [0.25, 0.3) is 0 Å². The predicted octanol–water partition coefficient (Wildman–Crippen LogP) is 4.28. The molecule has 1 aromatic carbocycles. The van der Waals surface area contributed by atoms with Gasteiger partial charge >= 0.3 is 0 Å². The highest BCUT2D eigenvalue weighted by Crippen LogP contribution is 2.20. The van der Waals surface area contributed by atoms with Gasteiger partial charge in [-0.3, -0.25) is 0 Å². The fourth-order valence-electron chi connectivity index (χ4n) is 1.95. The zero-order chi connectivity index (χ0) is 16.7. The number of anilines is 1. The molecular formula is C17H22ClIN4O. The number of nitrogens with two attached hydrogens (primary N) is 1. The second-order valence-corrected chi connectivity index (χ2v) is 5.72. The molecule has 24 heavy (non-hydrogen) atoms. The lowest BCUT2D eigenvalue weighted by molar-refractivity contribution is 0.316. The van der Waals surface area contributed by atoms with Crippen molar-refractivity contribution < 1.29 is 4.74 Å². The molecule has 3 N–H and O–H groups in total. The van der Waals surface area contributed by atoms with Crippen LogP contribution in [0.5, 0.6) is 5.88 Å². The topological polar surface area (TPSA) is 72.5 Å². The Morgan fingerprint density at radius 3 is 2.83 bits per heavy atom. The number of pyridine rings is 1. The zero-order valence-corrected chi connectivity index (χ0v) is 16.8. The molecule has 0 amide bonds. The van der Waals surface area contributed by atoms with E-state index in [9.17, 15) is 0 Å². The molecule has 2 rings (SSSR count). The van der Waals surface area contributed by atoms with Gasteiger partial charge in [0, 0.05) is 11.9 Å². The van der Waals surface area contributed by atoms with Gasteiger partial charge in [0.1, 0.15) is 11.6 Å². The van der Waals surface area contributed by atoms with E-state index in [0.29, 0.717) is 35.9 Å². The van der Waals surface area contributed by atoms with Crippen LogP contribution in [0.15, 0.2) is 47.6 Å². The van der Waals surface area contributed by atoms with Crippen LogP contribution in [0.25, 0.3) is 0 Å². The van der Waals surface area contributed by atoms with Crippen molar-refractivity contribution in [1.29, 1.82) is 0 Å². The smallest absolute Gasteiger partial charge is 0.232 e. The number of nitrogens with one attached hydrogen (secondary N) is 1. The van der Waals surface area contributed by atoms with Gasteiger partial charge < -0.3 is 15.8 Å². The van der Waals surface area contributed by atoms with Crippen LogP contribution in [0.1, 0.15) is 25.3 Å². The fourth-order valence-corrected chi connectivity index (χ4v) is 2.12. The van der Waals surface area contributed by atoms with Gasteiger partial charge in [0.15, 0.2) is 5.96 Å². The molecule has 130 valence electrons. The van der Waals surface area contributed by atoms with Gasteiger partial charge in [0.2, 0.25) is 5.88 Å². The average molecular weight is 461 g/mol. The Hall–Kier alpha value is -1.54. The van der Waals surface area contributed by atoms with Crippen molar-refractivity contribution in [3.8, 4) is 5.88 Å². The quantitative estimate of drug-likeness (QED) is 0.292. The Labute approximate surface area is 164 Å². The number of ether oxygens (including phenoxy) is 1. The van der Waals surface area contributed by atoms with E-state index < -0.39 is 0 Å². The number of aromatic nitrogens is 1. The first-order valence-corrected chi connectivity index (χ1v) is 7.84. The van der Waals surface area contributed by atoms with Crippen LogP contribution in [-0.4, -0.2) is 24.1 Å². The molecule has 1 heterocycles. The number of hydrogen-bond donors (Lipinski definition) is 2. The van der Waals surface area contributed by atoms with Crippen molar-refractivity contribution in [2.45, 2.75) is 19.8 Å². The Balaban J connectivity index is 0.00000288. The van der Waals surface area contributed by atoms with Gasteiger partial charge in [-0.05, 0) is 35.7 Å². The van der Waals surface area contributed by atoms with Crippen LogP contribution in [-0.2, 0) is 0 Å². The van der Waals surface area contributed by atoms with Gasteiger partial charge in [0.05, 0.1) is 6.54 Å². The van der Waals surface area contributed by atoms with Crippen LogP contribution in [0.2, 0.25) is 5.02 Å². The number of guanidine groups is 1. The first-order valence-electron chi connectivity index (χ1n) is 7.46. The summed E-state index contributed by atoms with van der Waals surface area (Å²) in [6, 6.07) is 11.6. The van der Waals surface area contributed by atoms with Gasteiger partial charge in [-0.15, -0.1) is 24.0 Å². The summed E-state index contributed by atoms with van der Waals surface area (Å²) in [6.45, 7) is 5.06. The lowest BCUT2D eigenvalue weighted by Gasteiger charge is -2.10. The second-order valence-electron chi connectivity index (χ2n) is 5.31. The minimum atomic E-state index is 0. The third-order valence-corrected chi connectivity index (χ3v) is 3.45. The molecule has 0 saturated carbocycles. The molecule has 7 heteroatoms. The normalized spacial score (nSPS) is 11.1. The second kappa shape index (κ2) is 10.4. The Bertz CT molecular complexity index is 679. The van der Waals surface area contributed by atoms with Gasteiger partial charge in [-0.25, -0.2) is 9.98 Å². The molecule has 0 aliphatic rings. The van der Waals surface area contributed by atoms with E-state index in [1.54, 1.807) is 18.3 Å². The Morgan fingerprint density at radius 2 is 2.12 bits per heavy atom. The molecule has 0 atom stereocenters. The number of benzene rings is 1. The molecule has 0 aliphatic carbocycles. The third kappa shape index (κ3) is 6.52. The fraction of sp³-hybridized carbons (Fsp3) is 0.294. The first-order chi connectivity index (χ1) is 11.1. The molecule has 0 spiro atoms. The molecule has 5 nitrogen and oxygen atoms in total. The maximum atomic E-state index is 5.95. The van der Waals surface area contributed by atoms with Crippen LogP contribution < -0.4 is 15.8 Å². The summed E-state index contributed by atoms with van der Waals surface area (Å²) in [5, 5.41) is 3.56. The Kier molecular flexibility index (Phi) is 8.84. The number of nitrogens with zero attached hydrogens (tertiary/aromatic N) is 2. The van der Waals surface area contributed by atoms with Crippen molar-refractivity contribution in [3.63, 3.8) is 0 Å². The lowest BCUT2D eigenvalue weighted by atomic mass is 10.0. The van der Waals surface area contributed by atoms with Gasteiger partial charge in [-0.2, -0.15) is 0 Å². The number of halogens is 2. The molecule has 0 radical (unpaired) electrons. The van der Waals surface area contributed by atoms with Crippen LogP contribution in [0.4, 0.5) is 5.69 Å². The summed E-state index contributed by atoms with van der Waals surface area (Å²) in [5.74, 6) is 1.22. The Morgan fingerprint density at radius 1 is 1.33 bits per heavy atom. The molecule has 0 saturated heterocycles. The SMILES string of the molecule is CC(C)c1cccc(NC(N)=NCCOc2ncccc2Cl)c1.I. The maximum Gasteiger partial charge on any atom is 0.232 e. The highest BCUT2D eigenvalue weighted by Gasteiger charge is 2.02. The van der Waals surface area contributed by atoms with E-state index in [2.05, 4.69) is 41.3 Å². The maximum absolute atomic E-state index is 5.95. The minimum absolute atomic E-state index is 0. The molecule has 2 aromatic rings. The summed E-state index contributed by atoms with van der Waals surface area (Å²) in [5.41, 5.74) is 8.05. The predicted molar refractivity (Wildman–Crippen MR) is 111 cm³/mol. The van der Waals surface area contributed by atoms with E-state index in [4.69, 9.17) is 22.1 Å². The van der Waals surface area contributed by atoms with Crippen LogP contribution >= 0.6 is 35.6 Å². The third-order valence-electron chi connectivity index (χ3n) is 3.16. The molecule has 1 aromatic heterocycles. The lowest BCUT2D eigenvalue weighted by Crippen LogP contribution is -2.23. The average Bonchev–Trinajstić information content (AvgIpc) is 2.53. The van der Waals surface area contributed by atoms with E-state index >= 15 is 0 Å². The van der Waals surface area contributed by atoms with Crippen LogP contribution in [0.3, 0.4) is 0 Å². The van der Waals surface area contributed by atoms with Crippen LogP contribution in [0, 0.1) is 0 Å². The zero-order valence-electron chi connectivity index (χ0n) is 13.7. The number of rotatable bonds is 6. The molecule has 0 aliphatic heterocycles. The summed E-state index contributed by atoms with van der Waals surface area (Å²) in [6.07, 6.45) is 1.63. The van der Waals surface area contributed by atoms with Crippen molar-refractivity contribution in [2.75, 3.05) is 18.5 Å². The molecule has 0 unspecified atom stereocenters. The standard InChI is InChI=1S/C17H21ClN4O.HI/c1-12(2)13-5-3-6-14(11-13)22-17(19)21-9-10-23-16-15(18)7-4-8-20-16;/h3-8,11-12H,9-10H2,1-2H3,(H3,19,21,22);1H. The van der Waals surface area contributed by atoms with E-state index in [1.807, 2.05) is 12.1 Å². The number of hydrogen-bond acceptors (Lipinski definition) is 3. The summed E-state index contributed by atoms with van der Waals surface area (Å²) in [7, 11) is 0. The highest BCUT2D eigenvalue weighted by molar-refractivity contribution is 14.0. The van der Waals surface area contributed by atoms with E-state index in [-0.39, 0.29) is 24.0 Å². The first kappa shape index (κ1) is 20.5. The van der Waals surface area contributed by atoms with Crippen molar-refractivity contribution in [3.05, 3.63) is 53.2 Å². The molecular weight excluding hydrogens is 439 g/mol. The molecule has 0 fully saturated rings. The summed E-state index contributed by atoms with van der Waals surface area (Å²) < 4.78 is 5.45. The number of aliphatic imine (C=N–C) groups is 1. The largest absolute Gasteiger partial charge is 0.475 e. The minimum Gasteiger partial charge on any atom is -0.475 e. The van der Waals surface area contributed by atoms with Gasteiger partial charge in [-0.1, -0.05) is 37.6 Å². The summed E-state index contributed by atoms with van der Waals surface area (Å²) >= 11 is 5.95. The van der Waals surface area contributed by atoms with Crippen molar-refractivity contribution in [2.24, 2.45) is 10.7 Å². The van der Waals surface area contributed by atoms with E-state index in [0.717, 1.165) is 5.69 Å². The van der Waals surface area contributed by atoms with E-state index in [1.165, 1.54) is 5.56 Å². The van der Waals surface area contributed by atoms with Crippen molar-refractivity contribution in [1.82, 2.24) is 4.98 Å². The molecule has 0 bridgehead atoms. The highest BCUT2D eigenvalue weighted by atomic mass is 127. The van der Waals surface area contributed by atoms with Crippen molar-refractivity contribution >= 4 is 47.2 Å². The summed E-state index contributed by atoms with van der Waals surface area (Å²) in [4.78, 5) is 8.27.